The zero-order valence-corrected chi connectivity index (χ0v) is 15.5. The summed E-state index contributed by atoms with van der Waals surface area (Å²) in [6, 6.07) is 11.6. The number of nitrogens with zero attached hydrogens (tertiary/aromatic N) is 6. The Kier molecular flexibility index (Phi) is 4.97. The first-order valence-electron chi connectivity index (χ1n) is 8.87. The molecule has 0 unspecified atom stereocenters. The summed E-state index contributed by atoms with van der Waals surface area (Å²) >= 11 is 0. The van der Waals surface area contributed by atoms with Crippen LogP contribution in [0.2, 0.25) is 0 Å². The molecule has 0 atom stereocenters. The number of amides is 1. The molecule has 0 aliphatic carbocycles. The Labute approximate surface area is 164 Å². The zero-order chi connectivity index (χ0) is 20.2. The Morgan fingerprint density at radius 2 is 2.00 bits per heavy atom. The van der Waals surface area contributed by atoms with Crippen molar-refractivity contribution in [1.29, 1.82) is 0 Å². The Balaban J connectivity index is 1.38. The largest absolute Gasteiger partial charge is 0.350 e. The van der Waals surface area contributed by atoms with Gasteiger partial charge in [-0.15, -0.1) is 5.10 Å². The van der Waals surface area contributed by atoms with Crippen LogP contribution in [0.5, 0.6) is 0 Å². The van der Waals surface area contributed by atoms with E-state index in [1.54, 1.807) is 60.4 Å². The van der Waals surface area contributed by atoms with Crippen LogP contribution >= 0.6 is 0 Å². The minimum atomic E-state index is -0.255. The van der Waals surface area contributed by atoms with Gasteiger partial charge in [-0.2, -0.15) is 10.1 Å². The summed E-state index contributed by atoms with van der Waals surface area (Å²) < 4.78 is 7.80. The van der Waals surface area contributed by atoms with Gasteiger partial charge < -0.3 is 9.84 Å². The highest BCUT2D eigenvalue weighted by Gasteiger charge is 2.09. The molecule has 0 saturated heterocycles. The highest BCUT2D eigenvalue weighted by atomic mass is 16.5. The SMILES string of the molecule is Cc1nc(-c2ccc(C(=O)NCCn3nc(-n4cccn4)ccc3=O)cc2)no1. The molecule has 146 valence electrons. The van der Waals surface area contributed by atoms with E-state index in [1.807, 2.05) is 0 Å². The van der Waals surface area contributed by atoms with Gasteiger partial charge in [-0.3, -0.25) is 9.59 Å². The molecule has 1 N–H and O–H groups in total. The number of hydrogen-bond acceptors (Lipinski definition) is 7. The highest BCUT2D eigenvalue weighted by molar-refractivity contribution is 5.94. The van der Waals surface area contributed by atoms with E-state index in [1.165, 1.54) is 10.7 Å². The summed E-state index contributed by atoms with van der Waals surface area (Å²) in [7, 11) is 0. The third-order valence-electron chi connectivity index (χ3n) is 4.13. The number of nitrogens with one attached hydrogen (secondary N) is 1. The van der Waals surface area contributed by atoms with Gasteiger partial charge in [0.1, 0.15) is 0 Å². The molecule has 10 nitrogen and oxygen atoms in total. The maximum Gasteiger partial charge on any atom is 0.266 e. The van der Waals surface area contributed by atoms with Crippen molar-refractivity contribution < 1.29 is 9.32 Å². The summed E-state index contributed by atoms with van der Waals surface area (Å²) in [5.74, 6) is 1.21. The van der Waals surface area contributed by atoms with Crippen molar-refractivity contribution in [2.75, 3.05) is 6.54 Å². The van der Waals surface area contributed by atoms with Crippen molar-refractivity contribution in [2.24, 2.45) is 0 Å². The van der Waals surface area contributed by atoms with Gasteiger partial charge in [0.05, 0.1) is 6.54 Å². The van der Waals surface area contributed by atoms with Crippen molar-refractivity contribution in [2.45, 2.75) is 13.5 Å². The fraction of sp³-hybridized carbons (Fsp3) is 0.158. The minimum absolute atomic E-state index is 0.236. The lowest BCUT2D eigenvalue weighted by Crippen LogP contribution is -2.32. The molecule has 0 fully saturated rings. The molecule has 10 heteroatoms. The lowest BCUT2D eigenvalue weighted by molar-refractivity contribution is 0.0951. The third-order valence-corrected chi connectivity index (χ3v) is 4.13. The number of aromatic nitrogens is 6. The second-order valence-electron chi connectivity index (χ2n) is 6.17. The molecule has 0 saturated carbocycles. The second kappa shape index (κ2) is 7.89. The summed E-state index contributed by atoms with van der Waals surface area (Å²) in [6.45, 7) is 2.20. The maximum atomic E-state index is 12.3. The van der Waals surface area contributed by atoms with Crippen molar-refractivity contribution >= 4 is 5.91 Å². The lowest BCUT2D eigenvalue weighted by Gasteiger charge is -2.08. The van der Waals surface area contributed by atoms with Gasteiger partial charge in [0.2, 0.25) is 11.7 Å². The Morgan fingerprint density at radius 1 is 1.17 bits per heavy atom. The van der Waals surface area contributed by atoms with Crippen LogP contribution in [0.1, 0.15) is 16.2 Å². The van der Waals surface area contributed by atoms with E-state index in [9.17, 15) is 9.59 Å². The normalized spacial score (nSPS) is 10.8. The van der Waals surface area contributed by atoms with Crippen LogP contribution in [-0.4, -0.2) is 42.2 Å². The van der Waals surface area contributed by atoms with Crippen LogP contribution < -0.4 is 10.9 Å². The molecule has 0 aliphatic rings. The predicted molar refractivity (Wildman–Crippen MR) is 102 cm³/mol. The topological polar surface area (TPSA) is 121 Å². The van der Waals surface area contributed by atoms with E-state index in [4.69, 9.17) is 4.52 Å². The van der Waals surface area contributed by atoms with Crippen LogP contribution in [0, 0.1) is 6.92 Å². The van der Waals surface area contributed by atoms with Crippen LogP contribution in [0.15, 0.2) is 64.2 Å². The fourth-order valence-corrected chi connectivity index (χ4v) is 2.69. The lowest BCUT2D eigenvalue weighted by atomic mass is 10.1. The summed E-state index contributed by atoms with van der Waals surface area (Å²) in [4.78, 5) is 28.5. The quantitative estimate of drug-likeness (QED) is 0.524. The molecule has 1 amide bonds. The van der Waals surface area contributed by atoms with E-state index in [2.05, 4.69) is 25.7 Å². The van der Waals surface area contributed by atoms with Crippen molar-refractivity contribution in [3.05, 3.63) is 76.7 Å². The number of benzene rings is 1. The van der Waals surface area contributed by atoms with E-state index >= 15 is 0 Å². The number of carbonyl (C=O) groups is 1. The van der Waals surface area contributed by atoms with Gasteiger partial charge in [-0.25, -0.2) is 9.36 Å². The third kappa shape index (κ3) is 4.10. The molecule has 0 bridgehead atoms. The second-order valence-corrected chi connectivity index (χ2v) is 6.17. The first kappa shape index (κ1) is 18.3. The Bertz CT molecular complexity index is 1180. The van der Waals surface area contributed by atoms with Gasteiger partial charge in [-0.1, -0.05) is 17.3 Å². The zero-order valence-electron chi connectivity index (χ0n) is 15.5. The molecule has 0 spiro atoms. The highest BCUT2D eigenvalue weighted by Crippen LogP contribution is 2.16. The van der Waals surface area contributed by atoms with Crippen molar-refractivity contribution in [1.82, 2.24) is 35.0 Å². The van der Waals surface area contributed by atoms with Crippen LogP contribution in [0.3, 0.4) is 0 Å². The van der Waals surface area contributed by atoms with E-state index in [-0.39, 0.29) is 24.6 Å². The van der Waals surface area contributed by atoms with E-state index < -0.39 is 0 Å². The number of carbonyl (C=O) groups excluding carboxylic acids is 1. The molecule has 4 rings (SSSR count). The van der Waals surface area contributed by atoms with Crippen LogP contribution in [-0.2, 0) is 6.54 Å². The number of rotatable bonds is 6. The van der Waals surface area contributed by atoms with Crippen molar-refractivity contribution in [3.8, 4) is 17.2 Å². The molecular weight excluding hydrogens is 374 g/mol. The summed E-state index contributed by atoms with van der Waals surface area (Å²) in [5.41, 5.74) is 0.985. The molecule has 0 radical (unpaired) electrons. The molecule has 4 aromatic rings. The maximum absolute atomic E-state index is 12.3. The molecule has 3 aromatic heterocycles. The standard InChI is InChI=1S/C19H17N7O3/c1-13-22-18(24-29-13)14-3-5-15(6-4-14)19(28)20-10-12-26-17(27)8-7-16(23-26)25-11-2-9-21-25/h2-9,11H,10,12H2,1H3,(H,20,28). The molecule has 29 heavy (non-hydrogen) atoms. The fourth-order valence-electron chi connectivity index (χ4n) is 2.69. The minimum Gasteiger partial charge on any atom is -0.350 e. The Morgan fingerprint density at radius 3 is 2.69 bits per heavy atom. The van der Waals surface area contributed by atoms with Gasteiger partial charge in [0.15, 0.2) is 5.82 Å². The monoisotopic (exact) mass is 391 g/mol. The molecule has 0 aliphatic heterocycles. The Hall–Kier alpha value is -4.08. The van der Waals surface area contributed by atoms with Crippen LogP contribution in [0.25, 0.3) is 17.2 Å². The van der Waals surface area contributed by atoms with E-state index in [0.29, 0.717) is 23.1 Å². The first-order chi connectivity index (χ1) is 14.1. The average Bonchev–Trinajstić information content (AvgIpc) is 3.41. The van der Waals surface area contributed by atoms with E-state index in [0.717, 1.165) is 5.56 Å². The van der Waals surface area contributed by atoms with Crippen LogP contribution in [0.4, 0.5) is 0 Å². The number of hydrogen-bond donors (Lipinski definition) is 1. The molecular formula is C19H17N7O3. The average molecular weight is 391 g/mol. The summed E-state index contributed by atoms with van der Waals surface area (Å²) in [6.07, 6.45) is 3.36. The van der Waals surface area contributed by atoms with Gasteiger partial charge >= 0.3 is 0 Å². The molecule has 1 aromatic carbocycles. The van der Waals surface area contributed by atoms with Gasteiger partial charge in [0.25, 0.3) is 11.5 Å². The van der Waals surface area contributed by atoms with Gasteiger partial charge in [0, 0.05) is 43.1 Å². The summed E-state index contributed by atoms with van der Waals surface area (Å²) in [5, 5.41) is 15.0. The molecule has 3 heterocycles. The first-order valence-corrected chi connectivity index (χ1v) is 8.87. The van der Waals surface area contributed by atoms with Gasteiger partial charge in [-0.05, 0) is 24.3 Å². The predicted octanol–water partition coefficient (Wildman–Crippen LogP) is 1.22. The smallest absolute Gasteiger partial charge is 0.266 e. The van der Waals surface area contributed by atoms with Crippen molar-refractivity contribution in [3.63, 3.8) is 0 Å². The number of aryl methyl sites for hydroxylation is 1.